The summed E-state index contributed by atoms with van der Waals surface area (Å²) in [4.78, 5) is 3.96. The van der Waals surface area contributed by atoms with E-state index in [1.54, 1.807) is 12.4 Å². The van der Waals surface area contributed by atoms with Crippen LogP contribution >= 0.6 is 11.6 Å². The van der Waals surface area contributed by atoms with E-state index in [4.69, 9.17) is 11.6 Å². The van der Waals surface area contributed by atoms with Crippen LogP contribution in [-0.2, 0) is 0 Å². The Morgan fingerprint density at radius 3 is 2.00 bits per heavy atom. The van der Waals surface area contributed by atoms with Gasteiger partial charge in [0, 0.05) is 17.4 Å². The van der Waals surface area contributed by atoms with Crippen LogP contribution in [0.5, 0.6) is 0 Å². The van der Waals surface area contributed by atoms with Crippen molar-refractivity contribution < 1.29 is 0 Å². The van der Waals surface area contributed by atoms with E-state index in [0.717, 1.165) is 16.1 Å². The summed E-state index contributed by atoms with van der Waals surface area (Å²) in [6.45, 7) is 3.89. The Labute approximate surface area is 59.7 Å². The summed E-state index contributed by atoms with van der Waals surface area (Å²) < 4.78 is 0. The highest BCUT2D eigenvalue weighted by molar-refractivity contribution is 6.32. The smallest absolute Gasteiger partial charge is 0.0495 e. The van der Waals surface area contributed by atoms with Crippen molar-refractivity contribution in [2.75, 3.05) is 0 Å². The molecule has 0 aliphatic heterocycles. The Balaban J connectivity index is 3.25. The number of aromatic nitrogens is 1. The van der Waals surface area contributed by atoms with Crippen LogP contribution in [0.1, 0.15) is 11.1 Å². The van der Waals surface area contributed by atoms with Crippen LogP contribution in [0.3, 0.4) is 0 Å². The van der Waals surface area contributed by atoms with Crippen molar-refractivity contribution in [3.63, 3.8) is 0 Å². The van der Waals surface area contributed by atoms with Gasteiger partial charge in [0.05, 0.1) is 0 Å². The molecule has 0 saturated heterocycles. The minimum Gasteiger partial charge on any atom is -0.264 e. The molecular formula is C7H8ClN. The van der Waals surface area contributed by atoms with Gasteiger partial charge in [0.15, 0.2) is 0 Å². The van der Waals surface area contributed by atoms with Crippen LogP contribution in [-0.4, -0.2) is 4.98 Å². The van der Waals surface area contributed by atoms with E-state index in [1.807, 2.05) is 13.8 Å². The predicted molar refractivity (Wildman–Crippen MR) is 38.7 cm³/mol. The molecule has 2 heteroatoms. The van der Waals surface area contributed by atoms with E-state index in [9.17, 15) is 0 Å². The molecule has 0 unspecified atom stereocenters. The van der Waals surface area contributed by atoms with Gasteiger partial charge in [-0.1, -0.05) is 11.6 Å². The van der Waals surface area contributed by atoms with Crippen molar-refractivity contribution in [3.05, 3.63) is 28.5 Å². The van der Waals surface area contributed by atoms with Crippen molar-refractivity contribution in [2.24, 2.45) is 0 Å². The molecule has 0 fully saturated rings. The van der Waals surface area contributed by atoms with Crippen LogP contribution in [0.15, 0.2) is 12.4 Å². The minimum atomic E-state index is 0.824. The Kier molecular flexibility index (Phi) is 1.72. The molecule has 1 rings (SSSR count). The number of nitrogens with zero attached hydrogens (tertiary/aromatic N) is 1. The minimum absolute atomic E-state index is 0.824. The van der Waals surface area contributed by atoms with Gasteiger partial charge in [0.1, 0.15) is 0 Å². The molecule has 9 heavy (non-hydrogen) atoms. The average Bonchev–Trinajstić information content (AvgIpc) is 1.83. The van der Waals surface area contributed by atoms with Gasteiger partial charge in [0.2, 0.25) is 0 Å². The number of hydrogen-bond donors (Lipinski definition) is 0. The summed E-state index contributed by atoms with van der Waals surface area (Å²) in [5, 5.41) is 0.824. The summed E-state index contributed by atoms with van der Waals surface area (Å²) in [5.74, 6) is 0. The Morgan fingerprint density at radius 2 is 1.67 bits per heavy atom. The van der Waals surface area contributed by atoms with E-state index >= 15 is 0 Å². The van der Waals surface area contributed by atoms with Crippen LogP contribution < -0.4 is 0 Å². The second-order valence-electron chi connectivity index (χ2n) is 2.09. The third-order valence-electron chi connectivity index (χ3n) is 1.23. The van der Waals surface area contributed by atoms with Gasteiger partial charge >= 0.3 is 0 Å². The molecule has 1 aromatic rings. The summed E-state index contributed by atoms with van der Waals surface area (Å²) >= 11 is 5.84. The summed E-state index contributed by atoms with van der Waals surface area (Å²) in [5.41, 5.74) is 2.08. The molecule has 0 bridgehead atoms. The lowest BCUT2D eigenvalue weighted by molar-refractivity contribution is 1.22. The molecule has 0 aliphatic rings. The first-order valence-corrected chi connectivity index (χ1v) is 3.16. The number of hydrogen-bond acceptors (Lipinski definition) is 1. The maximum Gasteiger partial charge on any atom is 0.0495 e. The number of aryl methyl sites for hydroxylation is 2. The third kappa shape index (κ3) is 1.22. The third-order valence-corrected chi connectivity index (χ3v) is 1.82. The van der Waals surface area contributed by atoms with Crippen LogP contribution in [0, 0.1) is 13.8 Å². The molecule has 1 heterocycles. The quantitative estimate of drug-likeness (QED) is 0.541. The normalized spacial score (nSPS) is 9.67. The molecule has 48 valence electrons. The molecular weight excluding hydrogens is 134 g/mol. The Morgan fingerprint density at radius 1 is 1.22 bits per heavy atom. The van der Waals surface area contributed by atoms with Crippen LogP contribution in [0.25, 0.3) is 0 Å². The van der Waals surface area contributed by atoms with Crippen molar-refractivity contribution in [1.29, 1.82) is 0 Å². The van der Waals surface area contributed by atoms with E-state index in [-0.39, 0.29) is 0 Å². The Bertz CT molecular complexity index is 200. The molecule has 0 saturated carbocycles. The fourth-order valence-corrected chi connectivity index (χ4v) is 0.783. The molecule has 0 amide bonds. The molecule has 0 radical (unpaired) electrons. The Hall–Kier alpha value is -0.560. The van der Waals surface area contributed by atoms with Crippen molar-refractivity contribution in [3.8, 4) is 0 Å². The van der Waals surface area contributed by atoms with Gasteiger partial charge < -0.3 is 0 Å². The lowest BCUT2D eigenvalue weighted by Crippen LogP contribution is -1.81. The lowest BCUT2D eigenvalue weighted by atomic mass is 10.2. The highest BCUT2D eigenvalue weighted by Crippen LogP contribution is 2.16. The van der Waals surface area contributed by atoms with Gasteiger partial charge in [-0.15, -0.1) is 0 Å². The molecule has 0 N–H and O–H groups in total. The number of halogens is 1. The molecule has 1 nitrogen and oxygen atoms in total. The van der Waals surface area contributed by atoms with E-state index < -0.39 is 0 Å². The van der Waals surface area contributed by atoms with Gasteiger partial charge in [-0.3, -0.25) is 4.98 Å². The number of pyridine rings is 1. The standard InChI is InChI=1S/C7H8ClN/c1-5-3-9-4-6(2)7(5)8/h3-4H,1-2H3. The zero-order valence-corrected chi connectivity index (χ0v) is 6.24. The molecule has 1 aromatic heterocycles. The summed E-state index contributed by atoms with van der Waals surface area (Å²) in [7, 11) is 0. The number of rotatable bonds is 0. The van der Waals surface area contributed by atoms with Crippen molar-refractivity contribution in [1.82, 2.24) is 4.98 Å². The van der Waals surface area contributed by atoms with Crippen LogP contribution in [0.2, 0.25) is 5.02 Å². The maximum atomic E-state index is 5.84. The van der Waals surface area contributed by atoms with Gasteiger partial charge in [-0.05, 0) is 25.0 Å². The summed E-state index contributed by atoms with van der Waals surface area (Å²) in [6, 6.07) is 0. The van der Waals surface area contributed by atoms with Gasteiger partial charge in [-0.2, -0.15) is 0 Å². The zero-order chi connectivity index (χ0) is 6.85. The second kappa shape index (κ2) is 2.36. The average molecular weight is 142 g/mol. The summed E-state index contributed by atoms with van der Waals surface area (Å²) in [6.07, 6.45) is 3.52. The lowest BCUT2D eigenvalue weighted by Gasteiger charge is -1.97. The topological polar surface area (TPSA) is 12.9 Å². The molecule has 0 atom stereocenters. The molecule has 0 spiro atoms. The molecule has 0 aliphatic carbocycles. The van der Waals surface area contributed by atoms with E-state index in [0.29, 0.717) is 0 Å². The zero-order valence-electron chi connectivity index (χ0n) is 5.48. The van der Waals surface area contributed by atoms with Gasteiger partial charge in [-0.25, -0.2) is 0 Å². The highest BCUT2D eigenvalue weighted by Gasteiger charge is 1.95. The second-order valence-corrected chi connectivity index (χ2v) is 2.47. The monoisotopic (exact) mass is 141 g/mol. The fourth-order valence-electron chi connectivity index (χ4n) is 0.685. The van der Waals surface area contributed by atoms with Crippen molar-refractivity contribution >= 4 is 11.6 Å². The van der Waals surface area contributed by atoms with Crippen molar-refractivity contribution in [2.45, 2.75) is 13.8 Å². The predicted octanol–water partition coefficient (Wildman–Crippen LogP) is 2.35. The maximum absolute atomic E-state index is 5.84. The molecule has 0 aromatic carbocycles. The first-order chi connectivity index (χ1) is 4.22. The largest absolute Gasteiger partial charge is 0.264 e. The fraction of sp³-hybridized carbons (Fsp3) is 0.286. The van der Waals surface area contributed by atoms with E-state index in [2.05, 4.69) is 4.98 Å². The first kappa shape index (κ1) is 6.56. The van der Waals surface area contributed by atoms with Gasteiger partial charge in [0.25, 0.3) is 0 Å². The first-order valence-electron chi connectivity index (χ1n) is 2.78. The SMILES string of the molecule is Cc1cncc(C)c1Cl. The highest BCUT2D eigenvalue weighted by atomic mass is 35.5. The van der Waals surface area contributed by atoms with Crippen LogP contribution in [0.4, 0.5) is 0 Å². The van der Waals surface area contributed by atoms with E-state index in [1.165, 1.54) is 0 Å².